The summed E-state index contributed by atoms with van der Waals surface area (Å²) >= 11 is 0. The van der Waals surface area contributed by atoms with Gasteiger partial charge in [-0.1, -0.05) is 0 Å². The fraction of sp³-hybridized carbons (Fsp3) is 0.500. The van der Waals surface area contributed by atoms with E-state index in [1.807, 2.05) is 26.1 Å². The molecule has 0 radical (unpaired) electrons. The van der Waals surface area contributed by atoms with Crippen molar-refractivity contribution in [1.29, 1.82) is 0 Å². The van der Waals surface area contributed by atoms with Crippen LogP contribution in [0.4, 0.5) is 5.69 Å². The Bertz CT molecular complexity index is 445. The van der Waals surface area contributed by atoms with Crippen LogP contribution in [0.25, 0.3) is 0 Å². The van der Waals surface area contributed by atoms with E-state index in [4.69, 9.17) is 14.2 Å². The Balaban J connectivity index is 3.00. The first-order valence-corrected chi connectivity index (χ1v) is 6.12. The van der Waals surface area contributed by atoms with Crippen molar-refractivity contribution in [3.63, 3.8) is 0 Å². The highest BCUT2D eigenvalue weighted by Gasteiger charge is 2.15. The van der Waals surface area contributed by atoms with E-state index in [-0.39, 0.29) is 12.5 Å². The molecular formula is C14H21NO4. The second-order valence-corrected chi connectivity index (χ2v) is 4.15. The van der Waals surface area contributed by atoms with E-state index in [1.54, 1.807) is 26.0 Å². The van der Waals surface area contributed by atoms with Gasteiger partial charge in [0.25, 0.3) is 0 Å². The molecule has 106 valence electrons. The molecule has 0 amide bonds. The minimum absolute atomic E-state index is 0.163. The fourth-order valence-corrected chi connectivity index (χ4v) is 1.82. The summed E-state index contributed by atoms with van der Waals surface area (Å²) in [5.74, 6) is 1.18. The molecule has 0 heterocycles. The van der Waals surface area contributed by atoms with Crippen molar-refractivity contribution in [2.75, 3.05) is 39.3 Å². The Morgan fingerprint density at radius 2 is 1.84 bits per heavy atom. The number of carbonyl (C=O) groups is 1. The molecule has 5 nitrogen and oxygen atoms in total. The molecule has 0 fully saturated rings. The summed E-state index contributed by atoms with van der Waals surface area (Å²) in [6.45, 7) is 4.27. The van der Waals surface area contributed by atoms with E-state index in [0.29, 0.717) is 12.4 Å². The van der Waals surface area contributed by atoms with Crippen molar-refractivity contribution in [3.05, 3.63) is 17.7 Å². The molecule has 1 rings (SSSR count). The number of rotatable bonds is 6. The Hall–Kier alpha value is -1.91. The number of likely N-dealkylation sites (N-methyl/N-ethyl adjacent to an activating group) is 1. The summed E-state index contributed by atoms with van der Waals surface area (Å²) in [5, 5.41) is 0. The van der Waals surface area contributed by atoms with E-state index in [0.717, 1.165) is 17.0 Å². The number of anilines is 1. The van der Waals surface area contributed by atoms with E-state index in [9.17, 15) is 4.79 Å². The molecule has 19 heavy (non-hydrogen) atoms. The maximum absolute atomic E-state index is 11.5. The number of hydrogen-bond donors (Lipinski definition) is 0. The molecule has 0 saturated carbocycles. The molecular weight excluding hydrogens is 246 g/mol. The summed E-state index contributed by atoms with van der Waals surface area (Å²) in [4.78, 5) is 13.3. The first-order valence-electron chi connectivity index (χ1n) is 6.12. The fourth-order valence-electron chi connectivity index (χ4n) is 1.82. The first-order chi connectivity index (χ1) is 9.03. The number of esters is 1. The molecule has 0 aliphatic rings. The summed E-state index contributed by atoms with van der Waals surface area (Å²) in [7, 11) is 5.02. The van der Waals surface area contributed by atoms with Crippen LogP contribution in [0.2, 0.25) is 0 Å². The predicted molar refractivity (Wildman–Crippen MR) is 74.2 cm³/mol. The van der Waals surface area contributed by atoms with Gasteiger partial charge in [-0.3, -0.25) is 4.79 Å². The summed E-state index contributed by atoms with van der Waals surface area (Å²) in [6, 6.07) is 3.74. The summed E-state index contributed by atoms with van der Waals surface area (Å²) < 4.78 is 15.6. The van der Waals surface area contributed by atoms with Crippen molar-refractivity contribution >= 4 is 11.7 Å². The lowest BCUT2D eigenvalue weighted by Crippen LogP contribution is -2.27. The van der Waals surface area contributed by atoms with Gasteiger partial charge in [0.2, 0.25) is 0 Å². The van der Waals surface area contributed by atoms with Crippen LogP contribution in [0.5, 0.6) is 11.5 Å². The Labute approximate surface area is 114 Å². The average Bonchev–Trinajstić information content (AvgIpc) is 2.38. The van der Waals surface area contributed by atoms with Crippen LogP contribution in [-0.4, -0.2) is 40.4 Å². The summed E-state index contributed by atoms with van der Waals surface area (Å²) in [6.07, 6.45) is 0. The SMILES string of the molecule is CCOC(=O)CN(C)c1cc(OC)c(C)cc1OC. The molecule has 1 aromatic rings. The van der Waals surface area contributed by atoms with Gasteiger partial charge in [-0.25, -0.2) is 0 Å². The monoisotopic (exact) mass is 267 g/mol. The van der Waals surface area contributed by atoms with E-state index < -0.39 is 0 Å². The minimum atomic E-state index is -0.272. The average molecular weight is 267 g/mol. The minimum Gasteiger partial charge on any atom is -0.496 e. The highest BCUT2D eigenvalue weighted by atomic mass is 16.5. The normalized spacial score (nSPS) is 9.95. The van der Waals surface area contributed by atoms with E-state index in [2.05, 4.69) is 0 Å². The number of methoxy groups -OCH3 is 2. The second-order valence-electron chi connectivity index (χ2n) is 4.15. The molecule has 0 aliphatic heterocycles. The number of ether oxygens (including phenoxy) is 3. The van der Waals surface area contributed by atoms with Crippen molar-refractivity contribution in [1.82, 2.24) is 0 Å². The molecule has 0 N–H and O–H groups in total. The van der Waals surface area contributed by atoms with Gasteiger partial charge < -0.3 is 19.1 Å². The van der Waals surface area contributed by atoms with Crippen LogP contribution in [0.1, 0.15) is 12.5 Å². The predicted octanol–water partition coefficient (Wildman–Crippen LogP) is 2.01. The molecule has 0 atom stereocenters. The lowest BCUT2D eigenvalue weighted by Gasteiger charge is -2.22. The van der Waals surface area contributed by atoms with Crippen molar-refractivity contribution in [2.24, 2.45) is 0 Å². The van der Waals surface area contributed by atoms with Crippen LogP contribution in [0, 0.1) is 6.92 Å². The van der Waals surface area contributed by atoms with Crippen molar-refractivity contribution < 1.29 is 19.0 Å². The molecule has 0 saturated heterocycles. The second kappa shape index (κ2) is 6.87. The van der Waals surface area contributed by atoms with Crippen molar-refractivity contribution in [2.45, 2.75) is 13.8 Å². The lowest BCUT2D eigenvalue weighted by molar-refractivity contribution is -0.141. The third-order valence-electron chi connectivity index (χ3n) is 2.78. The van der Waals surface area contributed by atoms with Crippen LogP contribution in [0.15, 0.2) is 12.1 Å². The number of nitrogens with zero attached hydrogens (tertiary/aromatic N) is 1. The maximum Gasteiger partial charge on any atom is 0.325 e. The maximum atomic E-state index is 11.5. The molecule has 0 bridgehead atoms. The molecule has 5 heteroatoms. The largest absolute Gasteiger partial charge is 0.496 e. The van der Waals surface area contributed by atoms with Gasteiger partial charge in [0, 0.05) is 13.1 Å². The Morgan fingerprint density at radius 3 is 2.37 bits per heavy atom. The third kappa shape index (κ3) is 3.77. The Morgan fingerprint density at radius 1 is 1.21 bits per heavy atom. The van der Waals surface area contributed by atoms with Gasteiger partial charge in [0.15, 0.2) is 0 Å². The van der Waals surface area contributed by atoms with Gasteiger partial charge in [-0.15, -0.1) is 0 Å². The van der Waals surface area contributed by atoms with Crippen LogP contribution < -0.4 is 14.4 Å². The summed E-state index contributed by atoms with van der Waals surface area (Å²) in [5.41, 5.74) is 1.77. The van der Waals surface area contributed by atoms with Gasteiger partial charge >= 0.3 is 5.97 Å². The van der Waals surface area contributed by atoms with Crippen LogP contribution in [-0.2, 0) is 9.53 Å². The van der Waals surface area contributed by atoms with Gasteiger partial charge in [0.05, 0.1) is 26.5 Å². The molecule has 0 aromatic heterocycles. The zero-order chi connectivity index (χ0) is 14.4. The van der Waals surface area contributed by atoms with Crippen molar-refractivity contribution in [3.8, 4) is 11.5 Å². The molecule has 0 unspecified atom stereocenters. The zero-order valence-corrected chi connectivity index (χ0v) is 12.1. The van der Waals surface area contributed by atoms with Crippen LogP contribution >= 0.6 is 0 Å². The van der Waals surface area contributed by atoms with E-state index in [1.165, 1.54) is 0 Å². The number of aryl methyl sites for hydroxylation is 1. The van der Waals surface area contributed by atoms with Gasteiger partial charge in [0.1, 0.15) is 18.0 Å². The smallest absolute Gasteiger partial charge is 0.325 e. The number of benzene rings is 1. The molecule has 0 spiro atoms. The topological polar surface area (TPSA) is 48.0 Å². The van der Waals surface area contributed by atoms with Crippen LogP contribution in [0.3, 0.4) is 0 Å². The zero-order valence-electron chi connectivity index (χ0n) is 12.1. The Kier molecular flexibility index (Phi) is 5.48. The molecule has 0 aliphatic carbocycles. The van der Waals surface area contributed by atoms with Gasteiger partial charge in [-0.05, 0) is 25.5 Å². The quantitative estimate of drug-likeness (QED) is 0.738. The standard InChI is InChI=1S/C14H21NO4/c1-6-19-14(16)9-15(3)11-8-12(17-4)10(2)7-13(11)18-5/h7-8H,6,9H2,1-5H3. The number of carbonyl (C=O) groups excluding carboxylic acids is 1. The van der Waals surface area contributed by atoms with Gasteiger partial charge in [-0.2, -0.15) is 0 Å². The molecule has 1 aromatic carbocycles. The first kappa shape index (κ1) is 15.1. The highest BCUT2D eigenvalue weighted by Crippen LogP contribution is 2.34. The highest BCUT2D eigenvalue weighted by molar-refractivity contribution is 5.77. The van der Waals surface area contributed by atoms with E-state index >= 15 is 0 Å². The lowest BCUT2D eigenvalue weighted by atomic mass is 10.1. The third-order valence-corrected chi connectivity index (χ3v) is 2.78. The number of hydrogen-bond acceptors (Lipinski definition) is 5.